The molecule has 144 valence electrons. The van der Waals surface area contributed by atoms with Crippen LogP contribution in [0.4, 0.5) is 5.69 Å². The first-order valence-corrected chi connectivity index (χ1v) is 10.5. The van der Waals surface area contributed by atoms with Gasteiger partial charge in [0, 0.05) is 12.8 Å². The number of quaternary nitrogens is 1. The zero-order valence-electron chi connectivity index (χ0n) is 15.9. The van der Waals surface area contributed by atoms with Gasteiger partial charge in [0.25, 0.3) is 0 Å². The van der Waals surface area contributed by atoms with E-state index in [-0.39, 0.29) is 5.54 Å². The van der Waals surface area contributed by atoms with E-state index >= 15 is 0 Å². The van der Waals surface area contributed by atoms with Crippen LogP contribution in [-0.2, 0) is 4.74 Å². The lowest BCUT2D eigenvalue weighted by atomic mass is 9.80. The largest absolute Gasteiger partial charge is 0.370 e. The van der Waals surface area contributed by atoms with E-state index in [0.717, 1.165) is 54.7 Å². The normalized spacial score (nSPS) is 20.6. The fourth-order valence-corrected chi connectivity index (χ4v) is 5.06. The molecule has 1 aromatic carbocycles. The molecule has 1 saturated carbocycles. The molecule has 4 nitrogen and oxygen atoms in total. The summed E-state index contributed by atoms with van der Waals surface area (Å²) in [6.45, 7) is 8.98. The Bertz CT molecular complexity index is 617. The van der Waals surface area contributed by atoms with Crippen LogP contribution in [0.5, 0.6) is 0 Å². The third-order valence-electron chi connectivity index (χ3n) is 5.91. The molecule has 26 heavy (non-hydrogen) atoms. The summed E-state index contributed by atoms with van der Waals surface area (Å²) in [5.74, 6) is 0. The van der Waals surface area contributed by atoms with Crippen molar-refractivity contribution < 1.29 is 9.64 Å². The van der Waals surface area contributed by atoms with Crippen molar-refractivity contribution in [2.75, 3.05) is 38.2 Å². The number of halogens is 1. The molecule has 1 aromatic rings. The monoisotopic (exact) mass is 396 g/mol. The molecule has 1 aliphatic heterocycles. The lowest BCUT2D eigenvalue weighted by Gasteiger charge is -2.45. The van der Waals surface area contributed by atoms with Crippen LogP contribution in [0.3, 0.4) is 0 Å². The number of rotatable bonds is 4. The standard InChI is InChI=1S/C20H30ClN3OS/c1-15-12-16(2)18(17(21)13-15)23-19(26)22-14-20(6-4-3-5-7-20)24-8-10-25-11-9-24/h12-13H,3-11,14H2,1-2H3,(H2,22,23,26)/p+1. The Hall–Kier alpha value is -0.880. The molecule has 2 fully saturated rings. The number of hydrogen-bond acceptors (Lipinski definition) is 2. The number of thiocarbonyl (C=S) groups is 1. The Morgan fingerprint density at radius 1 is 1.19 bits per heavy atom. The van der Waals surface area contributed by atoms with Crippen molar-refractivity contribution in [1.29, 1.82) is 0 Å². The number of anilines is 1. The van der Waals surface area contributed by atoms with Crippen LogP contribution in [0.25, 0.3) is 0 Å². The predicted molar refractivity (Wildman–Crippen MR) is 112 cm³/mol. The van der Waals surface area contributed by atoms with Crippen molar-refractivity contribution in [1.82, 2.24) is 5.32 Å². The van der Waals surface area contributed by atoms with Crippen LogP contribution in [0.2, 0.25) is 5.02 Å². The maximum absolute atomic E-state index is 6.41. The van der Waals surface area contributed by atoms with Gasteiger partial charge in [-0.2, -0.15) is 0 Å². The first-order valence-electron chi connectivity index (χ1n) is 9.75. The van der Waals surface area contributed by atoms with Crippen molar-refractivity contribution in [3.63, 3.8) is 0 Å². The van der Waals surface area contributed by atoms with Crippen molar-refractivity contribution >= 4 is 34.6 Å². The van der Waals surface area contributed by atoms with E-state index < -0.39 is 0 Å². The Kier molecular flexibility index (Phi) is 6.78. The molecule has 0 aromatic heterocycles. The van der Waals surface area contributed by atoms with Crippen LogP contribution in [0.15, 0.2) is 12.1 Å². The van der Waals surface area contributed by atoms with Gasteiger partial charge in [-0.1, -0.05) is 24.1 Å². The molecule has 1 heterocycles. The van der Waals surface area contributed by atoms with E-state index in [1.807, 2.05) is 6.07 Å². The maximum atomic E-state index is 6.41. The number of benzene rings is 1. The first kappa shape index (κ1) is 19.9. The Labute approximate surface area is 167 Å². The molecule has 6 heteroatoms. The quantitative estimate of drug-likeness (QED) is 0.684. The molecule has 0 bridgehead atoms. The lowest BCUT2D eigenvalue weighted by Crippen LogP contribution is -3.23. The second-order valence-corrected chi connectivity index (χ2v) is 8.62. The summed E-state index contributed by atoms with van der Waals surface area (Å²) < 4.78 is 5.58. The highest BCUT2D eigenvalue weighted by molar-refractivity contribution is 7.80. The number of aryl methyl sites for hydroxylation is 2. The average Bonchev–Trinajstić information content (AvgIpc) is 2.64. The average molecular weight is 397 g/mol. The molecule has 0 unspecified atom stereocenters. The highest BCUT2D eigenvalue weighted by atomic mass is 35.5. The highest BCUT2D eigenvalue weighted by Crippen LogP contribution is 2.28. The van der Waals surface area contributed by atoms with Gasteiger partial charge in [-0.05, 0) is 56.1 Å². The van der Waals surface area contributed by atoms with Gasteiger partial charge in [0.2, 0.25) is 0 Å². The van der Waals surface area contributed by atoms with E-state index in [1.165, 1.54) is 32.1 Å². The van der Waals surface area contributed by atoms with Crippen LogP contribution in [0.1, 0.15) is 43.2 Å². The van der Waals surface area contributed by atoms with Gasteiger partial charge in [0.05, 0.1) is 30.5 Å². The summed E-state index contributed by atoms with van der Waals surface area (Å²) in [4.78, 5) is 1.68. The molecule has 0 spiro atoms. The van der Waals surface area contributed by atoms with E-state index in [4.69, 9.17) is 28.6 Å². The molecule has 0 radical (unpaired) electrons. The van der Waals surface area contributed by atoms with Gasteiger partial charge in [-0.3, -0.25) is 0 Å². The molecule has 3 N–H and O–H groups in total. The molecule has 1 aliphatic carbocycles. The molecule has 0 atom stereocenters. The number of ether oxygens (including phenoxy) is 1. The fraction of sp³-hybridized carbons (Fsp3) is 0.650. The maximum Gasteiger partial charge on any atom is 0.171 e. The molecule has 2 aliphatic rings. The minimum absolute atomic E-state index is 0.278. The van der Waals surface area contributed by atoms with Crippen LogP contribution < -0.4 is 15.5 Å². The summed E-state index contributed by atoms with van der Waals surface area (Å²) in [6.07, 6.45) is 6.52. The smallest absolute Gasteiger partial charge is 0.171 e. The zero-order valence-corrected chi connectivity index (χ0v) is 17.5. The summed E-state index contributed by atoms with van der Waals surface area (Å²) in [7, 11) is 0. The van der Waals surface area contributed by atoms with Gasteiger partial charge >= 0.3 is 0 Å². The fourth-order valence-electron chi connectivity index (χ4n) is 4.51. The topological polar surface area (TPSA) is 37.7 Å². The van der Waals surface area contributed by atoms with Gasteiger partial charge in [-0.25, -0.2) is 0 Å². The third-order valence-corrected chi connectivity index (χ3v) is 6.46. The summed E-state index contributed by atoms with van der Waals surface area (Å²) >= 11 is 12.0. The molecular weight excluding hydrogens is 366 g/mol. The van der Waals surface area contributed by atoms with Crippen LogP contribution in [-0.4, -0.2) is 43.5 Å². The minimum Gasteiger partial charge on any atom is -0.370 e. The van der Waals surface area contributed by atoms with Crippen molar-refractivity contribution in [3.8, 4) is 0 Å². The molecule has 1 saturated heterocycles. The Morgan fingerprint density at radius 2 is 1.88 bits per heavy atom. The van der Waals surface area contributed by atoms with Gasteiger partial charge in [0.1, 0.15) is 18.6 Å². The second kappa shape index (κ2) is 8.87. The second-order valence-electron chi connectivity index (χ2n) is 7.80. The number of morpholine rings is 1. The molecule has 3 rings (SSSR count). The van der Waals surface area contributed by atoms with E-state index in [9.17, 15) is 0 Å². The van der Waals surface area contributed by atoms with Gasteiger partial charge < -0.3 is 20.3 Å². The summed E-state index contributed by atoms with van der Waals surface area (Å²) in [6, 6.07) is 4.09. The van der Waals surface area contributed by atoms with Gasteiger partial charge in [-0.15, -0.1) is 0 Å². The predicted octanol–water partition coefficient (Wildman–Crippen LogP) is 2.86. The molecular formula is C20H31ClN3OS+. The SMILES string of the molecule is Cc1cc(C)c(NC(=S)NCC2([NH+]3CCOCC3)CCCCC2)c(Cl)c1. The molecule has 0 amide bonds. The number of nitrogens with one attached hydrogen (secondary N) is 3. The van der Waals surface area contributed by atoms with Crippen LogP contribution >= 0.6 is 23.8 Å². The van der Waals surface area contributed by atoms with E-state index in [1.54, 1.807) is 4.90 Å². The Morgan fingerprint density at radius 3 is 2.54 bits per heavy atom. The Balaban J connectivity index is 1.64. The van der Waals surface area contributed by atoms with Crippen molar-refractivity contribution in [3.05, 3.63) is 28.3 Å². The minimum atomic E-state index is 0.278. The van der Waals surface area contributed by atoms with E-state index in [2.05, 4.69) is 30.5 Å². The summed E-state index contributed by atoms with van der Waals surface area (Å²) in [5, 5.41) is 8.21. The number of hydrogen-bond donors (Lipinski definition) is 3. The first-order chi connectivity index (χ1) is 12.5. The van der Waals surface area contributed by atoms with Crippen LogP contribution in [0, 0.1) is 13.8 Å². The van der Waals surface area contributed by atoms with Crippen molar-refractivity contribution in [2.24, 2.45) is 0 Å². The van der Waals surface area contributed by atoms with E-state index in [0.29, 0.717) is 5.11 Å². The van der Waals surface area contributed by atoms with Crippen molar-refractivity contribution in [2.45, 2.75) is 51.5 Å². The zero-order chi connectivity index (χ0) is 18.6. The third kappa shape index (κ3) is 4.69. The van der Waals surface area contributed by atoms with Gasteiger partial charge in [0.15, 0.2) is 5.11 Å². The lowest BCUT2D eigenvalue weighted by molar-refractivity contribution is -0.960. The summed E-state index contributed by atoms with van der Waals surface area (Å²) in [5.41, 5.74) is 3.46. The highest BCUT2D eigenvalue weighted by Gasteiger charge is 2.42.